The lowest BCUT2D eigenvalue weighted by atomic mass is 10.0. The van der Waals surface area contributed by atoms with Crippen molar-refractivity contribution in [1.82, 2.24) is 0 Å². The lowest BCUT2D eigenvalue weighted by Crippen LogP contribution is -1.98. The molecule has 0 aliphatic heterocycles. The number of rotatable bonds is 1. The van der Waals surface area contributed by atoms with Crippen LogP contribution in [0.4, 0.5) is 0 Å². The molecular formula is C11H8O5. The van der Waals surface area contributed by atoms with Crippen LogP contribution < -0.4 is 0 Å². The normalized spacial score (nSPS) is 10.5. The van der Waals surface area contributed by atoms with Crippen molar-refractivity contribution in [2.45, 2.75) is 0 Å². The standard InChI is InChI=1S/C11H8O5/c12-6-1-2-7-5(3-6)4-8(13)10(14)9(7)11(15)16/h1-4,12-14H,(H,15,16). The molecule has 0 saturated heterocycles. The summed E-state index contributed by atoms with van der Waals surface area (Å²) in [5, 5.41) is 37.5. The Hall–Kier alpha value is -2.43. The number of phenolic OH excluding ortho intramolecular Hbond substituents is 2. The first kappa shape index (κ1) is 10.1. The minimum Gasteiger partial charge on any atom is -0.508 e. The van der Waals surface area contributed by atoms with E-state index in [4.69, 9.17) is 5.11 Å². The third kappa shape index (κ3) is 1.38. The Morgan fingerprint density at radius 2 is 1.75 bits per heavy atom. The van der Waals surface area contributed by atoms with Crippen molar-refractivity contribution in [3.8, 4) is 17.2 Å². The molecule has 4 N–H and O–H groups in total. The van der Waals surface area contributed by atoms with E-state index in [1.165, 1.54) is 24.3 Å². The number of carbonyl (C=O) groups is 1. The molecular weight excluding hydrogens is 212 g/mol. The SMILES string of the molecule is O=C(O)c1c(O)c(O)cc2cc(O)ccc12. The van der Waals surface area contributed by atoms with Crippen LogP contribution in [0.1, 0.15) is 10.4 Å². The summed E-state index contributed by atoms with van der Waals surface area (Å²) in [6.45, 7) is 0. The Labute approximate surface area is 89.8 Å². The van der Waals surface area contributed by atoms with Gasteiger partial charge in [-0.3, -0.25) is 0 Å². The average molecular weight is 220 g/mol. The van der Waals surface area contributed by atoms with Gasteiger partial charge in [0.05, 0.1) is 0 Å². The van der Waals surface area contributed by atoms with Crippen LogP contribution in [0.25, 0.3) is 10.8 Å². The summed E-state index contributed by atoms with van der Waals surface area (Å²) in [4.78, 5) is 10.9. The van der Waals surface area contributed by atoms with Crippen LogP contribution in [0.5, 0.6) is 17.2 Å². The van der Waals surface area contributed by atoms with E-state index in [2.05, 4.69) is 0 Å². The highest BCUT2D eigenvalue weighted by Gasteiger charge is 2.18. The first-order chi connectivity index (χ1) is 7.50. The van der Waals surface area contributed by atoms with Crippen LogP contribution >= 0.6 is 0 Å². The predicted molar refractivity (Wildman–Crippen MR) is 55.9 cm³/mol. The van der Waals surface area contributed by atoms with E-state index in [9.17, 15) is 20.1 Å². The number of benzene rings is 2. The molecule has 0 saturated carbocycles. The molecule has 0 aliphatic carbocycles. The van der Waals surface area contributed by atoms with Crippen molar-refractivity contribution in [2.75, 3.05) is 0 Å². The van der Waals surface area contributed by atoms with Gasteiger partial charge in [0.25, 0.3) is 0 Å². The third-order valence-corrected chi connectivity index (χ3v) is 2.29. The summed E-state index contributed by atoms with van der Waals surface area (Å²) in [5.74, 6) is -2.60. The largest absolute Gasteiger partial charge is 0.508 e. The molecule has 0 spiro atoms. The number of aromatic hydroxyl groups is 3. The molecule has 5 nitrogen and oxygen atoms in total. The summed E-state index contributed by atoms with van der Waals surface area (Å²) < 4.78 is 0. The zero-order valence-electron chi connectivity index (χ0n) is 8.01. The minimum atomic E-state index is -1.34. The second kappa shape index (κ2) is 3.30. The first-order valence-electron chi connectivity index (χ1n) is 4.41. The number of hydrogen-bond donors (Lipinski definition) is 4. The van der Waals surface area contributed by atoms with Gasteiger partial charge in [-0.05, 0) is 29.7 Å². The van der Waals surface area contributed by atoms with Gasteiger partial charge in [-0.1, -0.05) is 0 Å². The Morgan fingerprint density at radius 3 is 2.38 bits per heavy atom. The highest BCUT2D eigenvalue weighted by Crippen LogP contribution is 2.36. The van der Waals surface area contributed by atoms with Crippen molar-refractivity contribution >= 4 is 16.7 Å². The Bertz CT molecular complexity index is 588. The molecule has 0 heterocycles. The fourth-order valence-corrected chi connectivity index (χ4v) is 1.58. The molecule has 16 heavy (non-hydrogen) atoms. The zero-order valence-corrected chi connectivity index (χ0v) is 8.01. The topological polar surface area (TPSA) is 98.0 Å². The summed E-state index contributed by atoms with van der Waals surface area (Å²) in [5.41, 5.74) is -0.380. The smallest absolute Gasteiger partial charge is 0.340 e. The van der Waals surface area contributed by atoms with E-state index in [0.29, 0.717) is 5.39 Å². The summed E-state index contributed by atoms with van der Waals surface area (Å²) in [6.07, 6.45) is 0. The summed E-state index contributed by atoms with van der Waals surface area (Å²) in [6, 6.07) is 5.18. The van der Waals surface area contributed by atoms with Gasteiger partial charge in [0.2, 0.25) is 0 Å². The van der Waals surface area contributed by atoms with Crippen molar-refractivity contribution in [3.63, 3.8) is 0 Å². The molecule has 0 radical (unpaired) electrons. The highest BCUT2D eigenvalue weighted by molar-refractivity contribution is 6.07. The number of aromatic carboxylic acids is 1. The molecule has 0 amide bonds. The van der Waals surface area contributed by atoms with Crippen molar-refractivity contribution < 1.29 is 25.2 Å². The maximum atomic E-state index is 10.9. The van der Waals surface area contributed by atoms with E-state index >= 15 is 0 Å². The monoisotopic (exact) mass is 220 g/mol. The molecule has 0 atom stereocenters. The van der Waals surface area contributed by atoms with Crippen LogP contribution in [-0.4, -0.2) is 26.4 Å². The highest BCUT2D eigenvalue weighted by atomic mass is 16.4. The molecule has 5 heteroatoms. The Kier molecular flexibility index (Phi) is 2.09. The maximum absolute atomic E-state index is 10.9. The molecule has 0 fully saturated rings. The van der Waals surface area contributed by atoms with Crippen LogP contribution in [0.15, 0.2) is 24.3 Å². The number of hydrogen-bond acceptors (Lipinski definition) is 4. The van der Waals surface area contributed by atoms with Crippen LogP contribution in [0.2, 0.25) is 0 Å². The second-order valence-electron chi connectivity index (χ2n) is 3.33. The third-order valence-electron chi connectivity index (χ3n) is 2.29. The van der Waals surface area contributed by atoms with Gasteiger partial charge in [-0.25, -0.2) is 4.79 Å². The van der Waals surface area contributed by atoms with Gasteiger partial charge in [-0.15, -0.1) is 0 Å². The maximum Gasteiger partial charge on any atom is 0.340 e. The van der Waals surface area contributed by atoms with E-state index in [-0.39, 0.29) is 16.7 Å². The molecule has 0 unspecified atom stereocenters. The van der Waals surface area contributed by atoms with Gasteiger partial charge < -0.3 is 20.4 Å². The Morgan fingerprint density at radius 1 is 1.06 bits per heavy atom. The van der Waals surface area contributed by atoms with Gasteiger partial charge >= 0.3 is 5.97 Å². The average Bonchev–Trinajstić information content (AvgIpc) is 2.19. The molecule has 2 rings (SSSR count). The van der Waals surface area contributed by atoms with Gasteiger partial charge in [-0.2, -0.15) is 0 Å². The molecule has 2 aromatic carbocycles. The van der Waals surface area contributed by atoms with Crippen molar-refractivity contribution in [3.05, 3.63) is 29.8 Å². The van der Waals surface area contributed by atoms with Gasteiger partial charge in [0.1, 0.15) is 11.3 Å². The van der Waals surface area contributed by atoms with Gasteiger partial charge in [0.15, 0.2) is 11.5 Å². The predicted octanol–water partition coefficient (Wildman–Crippen LogP) is 1.65. The lowest BCUT2D eigenvalue weighted by Gasteiger charge is -2.07. The molecule has 0 aliphatic rings. The molecule has 0 bridgehead atoms. The van der Waals surface area contributed by atoms with Crippen LogP contribution in [-0.2, 0) is 0 Å². The van der Waals surface area contributed by atoms with Crippen LogP contribution in [0.3, 0.4) is 0 Å². The van der Waals surface area contributed by atoms with E-state index < -0.39 is 17.5 Å². The van der Waals surface area contributed by atoms with Crippen molar-refractivity contribution in [1.29, 1.82) is 0 Å². The second-order valence-corrected chi connectivity index (χ2v) is 3.33. The number of carboxylic acid groups (broad SMARTS) is 1. The minimum absolute atomic E-state index is 0.0473. The molecule has 0 aromatic heterocycles. The summed E-state index contributed by atoms with van der Waals surface area (Å²) in [7, 11) is 0. The lowest BCUT2D eigenvalue weighted by molar-refractivity contribution is 0.0695. The van der Waals surface area contributed by atoms with E-state index in [1.54, 1.807) is 0 Å². The quantitative estimate of drug-likeness (QED) is 0.548. The van der Waals surface area contributed by atoms with E-state index in [1.807, 2.05) is 0 Å². The van der Waals surface area contributed by atoms with Crippen LogP contribution in [0, 0.1) is 0 Å². The van der Waals surface area contributed by atoms with Crippen molar-refractivity contribution in [2.24, 2.45) is 0 Å². The fourth-order valence-electron chi connectivity index (χ4n) is 1.58. The molecule has 82 valence electrons. The fraction of sp³-hybridized carbons (Fsp3) is 0. The zero-order chi connectivity index (χ0) is 11.9. The number of phenols is 3. The van der Waals surface area contributed by atoms with E-state index in [0.717, 1.165) is 0 Å². The Balaban J connectivity index is 2.94. The number of carboxylic acids is 1. The first-order valence-corrected chi connectivity index (χ1v) is 4.41. The summed E-state index contributed by atoms with van der Waals surface area (Å²) >= 11 is 0. The molecule has 2 aromatic rings. The number of fused-ring (bicyclic) bond motifs is 1. The van der Waals surface area contributed by atoms with Gasteiger partial charge in [0, 0.05) is 5.39 Å².